The molecule has 0 aliphatic carbocycles. The van der Waals surface area contributed by atoms with Gasteiger partial charge < -0.3 is 15.5 Å². The van der Waals surface area contributed by atoms with Crippen LogP contribution in [0.15, 0.2) is 6.20 Å². The molecule has 1 aromatic heterocycles. The normalized spacial score (nSPS) is 18.9. The van der Waals surface area contributed by atoms with Crippen molar-refractivity contribution in [2.24, 2.45) is 7.05 Å². The zero-order chi connectivity index (χ0) is 14.7. The van der Waals surface area contributed by atoms with Gasteiger partial charge in [0.05, 0.1) is 4.92 Å². The van der Waals surface area contributed by atoms with E-state index in [-0.39, 0.29) is 17.4 Å². The van der Waals surface area contributed by atoms with Crippen LogP contribution in [0.25, 0.3) is 0 Å². The van der Waals surface area contributed by atoms with E-state index in [9.17, 15) is 14.9 Å². The van der Waals surface area contributed by atoms with Gasteiger partial charge in [0, 0.05) is 33.2 Å². The zero-order valence-electron chi connectivity index (χ0n) is 11.5. The second-order valence-corrected chi connectivity index (χ2v) is 4.58. The maximum atomic E-state index is 12.1. The smallest absolute Gasteiger partial charge is 0.330 e. The molecule has 0 bridgehead atoms. The maximum absolute atomic E-state index is 12.1. The van der Waals surface area contributed by atoms with Gasteiger partial charge in [-0.25, -0.2) is 0 Å². The van der Waals surface area contributed by atoms with Crippen molar-refractivity contribution in [2.45, 2.75) is 13.0 Å². The first-order valence-electron chi connectivity index (χ1n) is 6.47. The summed E-state index contributed by atoms with van der Waals surface area (Å²) in [6.07, 6.45) is 1.35. The van der Waals surface area contributed by atoms with Gasteiger partial charge in [-0.05, 0) is 6.92 Å². The Bertz CT molecular complexity index is 514. The Morgan fingerprint density at radius 2 is 2.45 bits per heavy atom. The summed E-state index contributed by atoms with van der Waals surface area (Å²) < 4.78 is 1.39. The van der Waals surface area contributed by atoms with Crippen molar-refractivity contribution < 1.29 is 9.72 Å². The number of carbonyl (C=O) groups is 1. The number of anilines is 1. The molecule has 0 spiro atoms. The van der Waals surface area contributed by atoms with Crippen LogP contribution in [0.2, 0.25) is 0 Å². The molecule has 1 amide bonds. The van der Waals surface area contributed by atoms with Crippen molar-refractivity contribution in [1.29, 1.82) is 0 Å². The number of rotatable bonds is 4. The molecule has 20 heavy (non-hydrogen) atoms. The Hall–Kier alpha value is -2.16. The Kier molecular flexibility index (Phi) is 4.18. The highest BCUT2D eigenvalue weighted by molar-refractivity contribution is 5.86. The Morgan fingerprint density at radius 1 is 1.70 bits per heavy atom. The topological polar surface area (TPSA) is 105 Å². The van der Waals surface area contributed by atoms with E-state index in [4.69, 9.17) is 0 Å². The summed E-state index contributed by atoms with van der Waals surface area (Å²) in [7, 11) is 1.62. The van der Waals surface area contributed by atoms with Crippen LogP contribution in [0.1, 0.15) is 6.92 Å². The van der Waals surface area contributed by atoms with E-state index >= 15 is 0 Å². The molecule has 110 valence electrons. The molecule has 1 aromatic rings. The van der Waals surface area contributed by atoms with Crippen LogP contribution in [0.5, 0.6) is 0 Å². The molecule has 0 aromatic carbocycles. The molecule has 9 heteroatoms. The molecule has 2 N–H and O–H groups in total. The molecule has 1 atom stereocenters. The number of nitro groups is 1. The van der Waals surface area contributed by atoms with E-state index in [1.807, 2.05) is 6.92 Å². The molecular weight excluding hydrogens is 264 g/mol. The Balaban J connectivity index is 2.32. The first kappa shape index (κ1) is 14.3. The quantitative estimate of drug-likeness (QED) is 0.555. The summed E-state index contributed by atoms with van der Waals surface area (Å²) in [4.78, 5) is 24.4. The van der Waals surface area contributed by atoms with Crippen LogP contribution < -0.4 is 15.5 Å². The number of amides is 1. The molecule has 0 radical (unpaired) electrons. The van der Waals surface area contributed by atoms with Crippen molar-refractivity contribution >= 4 is 17.4 Å². The molecule has 9 nitrogen and oxygen atoms in total. The molecule has 1 unspecified atom stereocenters. The molecule has 1 saturated heterocycles. The molecule has 0 saturated carbocycles. The second-order valence-electron chi connectivity index (χ2n) is 4.58. The lowest BCUT2D eigenvalue weighted by Gasteiger charge is -2.34. The van der Waals surface area contributed by atoms with Crippen LogP contribution in [0.3, 0.4) is 0 Å². The molecule has 1 fully saturated rings. The van der Waals surface area contributed by atoms with E-state index < -0.39 is 11.0 Å². The van der Waals surface area contributed by atoms with Gasteiger partial charge in [-0.15, -0.1) is 5.10 Å². The summed E-state index contributed by atoms with van der Waals surface area (Å²) in [6, 6.07) is -0.489. The van der Waals surface area contributed by atoms with Crippen LogP contribution in [-0.4, -0.2) is 52.8 Å². The number of nitrogens with one attached hydrogen (secondary N) is 2. The van der Waals surface area contributed by atoms with Gasteiger partial charge in [-0.2, -0.15) is 0 Å². The molecule has 1 aliphatic heterocycles. The van der Waals surface area contributed by atoms with E-state index in [0.717, 1.165) is 0 Å². The summed E-state index contributed by atoms with van der Waals surface area (Å²) in [5, 5.41) is 21.1. The third kappa shape index (κ3) is 2.72. The summed E-state index contributed by atoms with van der Waals surface area (Å²) >= 11 is 0. The highest BCUT2D eigenvalue weighted by Crippen LogP contribution is 2.28. The number of hydrogen-bond donors (Lipinski definition) is 2. The largest absolute Gasteiger partial charge is 0.355 e. The van der Waals surface area contributed by atoms with Crippen LogP contribution in [0, 0.1) is 10.1 Å². The van der Waals surface area contributed by atoms with Crippen LogP contribution in [-0.2, 0) is 11.8 Å². The van der Waals surface area contributed by atoms with Crippen LogP contribution >= 0.6 is 0 Å². The highest BCUT2D eigenvalue weighted by atomic mass is 16.6. The lowest BCUT2D eigenvalue weighted by molar-refractivity contribution is -0.384. The fraction of sp³-hybridized carbons (Fsp3) is 0.636. The Morgan fingerprint density at radius 3 is 3.10 bits per heavy atom. The first-order valence-corrected chi connectivity index (χ1v) is 6.47. The third-order valence-corrected chi connectivity index (χ3v) is 3.16. The lowest BCUT2D eigenvalue weighted by atomic mass is 10.1. The first-order chi connectivity index (χ1) is 9.54. The van der Waals surface area contributed by atoms with Gasteiger partial charge in [-0.3, -0.25) is 19.6 Å². The van der Waals surface area contributed by atoms with Gasteiger partial charge in [0.25, 0.3) is 0 Å². The number of nitrogens with zero attached hydrogens (tertiary/aromatic N) is 4. The fourth-order valence-corrected chi connectivity index (χ4v) is 2.28. The lowest BCUT2D eigenvalue weighted by Crippen LogP contribution is -2.58. The average molecular weight is 282 g/mol. The van der Waals surface area contributed by atoms with E-state index in [2.05, 4.69) is 15.7 Å². The van der Waals surface area contributed by atoms with Crippen molar-refractivity contribution in [3.05, 3.63) is 16.3 Å². The molecular formula is C11H18N6O3. The van der Waals surface area contributed by atoms with Gasteiger partial charge in [0.15, 0.2) is 0 Å². The fourth-order valence-electron chi connectivity index (χ4n) is 2.28. The average Bonchev–Trinajstić information content (AvgIpc) is 2.81. The number of aryl methyl sites for hydroxylation is 1. The minimum absolute atomic E-state index is 0.0799. The minimum atomic E-state index is -0.489. The SMILES string of the molecule is CCNC(=O)C1CNCCN1c1nn(C)cc1[N+](=O)[O-]. The molecule has 2 rings (SSSR count). The number of piperazine rings is 1. The molecule has 2 heterocycles. The maximum Gasteiger partial charge on any atom is 0.330 e. The predicted octanol–water partition coefficient (Wildman–Crippen LogP) is -0.757. The standard InChI is InChI=1S/C11H18N6O3/c1-3-13-11(18)8-6-12-4-5-16(8)10-9(17(19)20)7-15(2)14-10/h7-8,12H,3-6H2,1-2H3,(H,13,18). The molecule has 1 aliphatic rings. The monoisotopic (exact) mass is 282 g/mol. The van der Waals surface area contributed by atoms with Crippen molar-refractivity contribution in [2.75, 3.05) is 31.1 Å². The predicted molar refractivity (Wildman–Crippen MR) is 72.5 cm³/mol. The number of carbonyl (C=O) groups excluding carboxylic acids is 1. The van der Waals surface area contributed by atoms with E-state index in [1.54, 1.807) is 11.9 Å². The van der Waals surface area contributed by atoms with Crippen molar-refractivity contribution in [3.63, 3.8) is 0 Å². The summed E-state index contributed by atoms with van der Waals surface area (Å²) in [5.41, 5.74) is -0.0799. The highest BCUT2D eigenvalue weighted by Gasteiger charge is 2.34. The van der Waals surface area contributed by atoms with Gasteiger partial charge in [-0.1, -0.05) is 0 Å². The zero-order valence-corrected chi connectivity index (χ0v) is 11.5. The number of likely N-dealkylation sites (N-methyl/N-ethyl adjacent to an activating group) is 1. The van der Waals surface area contributed by atoms with Gasteiger partial charge >= 0.3 is 5.69 Å². The second kappa shape index (κ2) is 5.87. The third-order valence-electron chi connectivity index (χ3n) is 3.16. The summed E-state index contributed by atoms with van der Waals surface area (Å²) in [5.74, 6) is 0.0925. The van der Waals surface area contributed by atoms with Crippen molar-refractivity contribution in [1.82, 2.24) is 20.4 Å². The number of hydrogen-bond acceptors (Lipinski definition) is 6. The van der Waals surface area contributed by atoms with Gasteiger partial charge in [0.1, 0.15) is 12.2 Å². The van der Waals surface area contributed by atoms with Crippen LogP contribution in [0.4, 0.5) is 11.5 Å². The van der Waals surface area contributed by atoms with Crippen molar-refractivity contribution in [3.8, 4) is 0 Å². The number of aromatic nitrogens is 2. The summed E-state index contributed by atoms with van der Waals surface area (Å²) in [6.45, 7) is 3.96. The Labute approximate surface area is 116 Å². The van der Waals surface area contributed by atoms with Gasteiger partial charge in [0.2, 0.25) is 11.7 Å². The van der Waals surface area contributed by atoms with E-state index in [1.165, 1.54) is 10.9 Å². The minimum Gasteiger partial charge on any atom is -0.355 e. The van der Waals surface area contributed by atoms with E-state index in [0.29, 0.717) is 26.2 Å².